The molecule has 0 unspecified atom stereocenters. The summed E-state index contributed by atoms with van der Waals surface area (Å²) < 4.78 is 1.75. The monoisotopic (exact) mass is 320 g/mol. The van der Waals surface area contributed by atoms with Gasteiger partial charge >= 0.3 is 0 Å². The zero-order chi connectivity index (χ0) is 16.3. The number of nitrogens with zero attached hydrogens (tertiary/aromatic N) is 2. The van der Waals surface area contributed by atoms with E-state index in [2.05, 4.69) is 15.7 Å². The topological polar surface area (TPSA) is 76.0 Å². The van der Waals surface area contributed by atoms with Gasteiger partial charge in [0.05, 0.1) is 22.5 Å². The lowest BCUT2D eigenvalue weighted by molar-refractivity contribution is -0.114. The molecule has 0 bridgehead atoms. The highest BCUT2D eigenvalue weighted by atomic mass is 35.5. The van der Waals surface area contributed by atoms with Crippen LogP contribution in [0.15, 0.2) is 30.6 Å². The third-order valence-electron chi connectivity index (χ3n) is 2.92. The van der Waals surface area contributed by atoms with Crippen LogP contribution in [0.4, 0.5) is 11.4 Å². The summed E-state index contributed by atoms with van der Waals surface area (Å²) in [4.78, 5) is 23.2. The number of anilines is 2. The Morgan fingerprint density at radius 1 is 1.23 bits per heavy atom. The quantitative estimate of drug-likeness (QED) is 0.907. The molecule has 0 atom stereocenters. The Labute approximate surface area is 133 Å². The highest BCUT2D eigenvalue weighted by Crippen LogP contribution is 2.22. The minimum absolute atomic E-state index is 0.200. The van der Waals surface area contributed by atoms with E-state index < -0.39 is 0 Å². The average Bonchev–Trinajstić information content (AvgIpc) is 2.86. The van der Waals surface area contributed by atoms with E-state index in [0.29, 0.717) is 16.9 Å². The predicted octanol–water partition coefficient (Wildman–Crippen LogP) is 3.33. The second-order valence-electron chi connectivity index (χ2n) is 5.13. The molecule has 2 amide bonds. The second kappa shape index (κ2) is 6.62. The predicted molar refractivity (Wildman–Crippen MR) is 86.3 cm³/mol. The largest absolute Gasteiger partial charge is 0.326 e. The molecule has 6 nitrogen and oxygen atoms in total. The second-order valence-corrected chi connectivity index (χ2v) is 5.54. The molecule has 0 saturated heterocycles. The summed E-state index contributed by atoms with van der Waals surface area (Å²) in [5, 5.41) is 9.77. The van der Waals surface area contributed by atoms with Crippen LogP contribution in [0.25, 0.3) is 0 Å². The van der Waals surface area contributed by atoms with E-state index in [1.807, 2.05) is 13.8 Å². The van der Waals surface area contributed by atoms with Crippen molar-refractivity contribution in [1.82, 2.24) is 9.78 Å². The van der Waals surface area contributed by atoms with Gasteiger partial charge in [-0.1, -0.05) is 11.6 Å². The summed E-state index contributed by atoms with van der Waals surface area (Å²) in [6.45, 7) is 5.40. The fraction of sp³-hybridized carbons (Fsp3) is 0.267. The molecule has 1 heterocycles. The maximum absolute atomic E-state index is 12.2. The Balaban J connectivity index is 2.13. The van der Waals surface area contributed by atoms with E-state index in [4.69, 9.17) is 11.6 Å². The zero-order valence-corrected chi connectivity index (χ0v) is 13.3. The molecule has 1 aromatic heterocycles. The van der Waals surface area contributed by atoms with Gasteiger partial charge in [-0.3, -0.25) is 14.3 Å². The molecule has 22 heavy (non-hydrogen) atoms. The van der Waals surface area contributed by atoms with Crippen LogP contribution in [-0.4, -0.2) is 21.6 Å². The number of amides is 2. The fourth-order valence-electron chi connectivity index (χ4n) is 1.86. The Kier molecular flexibility index (Phi) is 4.82. The summed E-state index contributed by atoms with van der Waals surface area (Å²) in [7, 11) is 0. The van der Waals surface area contributed by atoms with E-state index in [1.54, 1.807) is 29.2 Å². The molecule has 0 radical (unpaired) electrons. The van der Waals surface area contributed by atoms with Crippen molar-refractivity contribution < 1.29 is 9.59 Å². The smallest absolute Gasteiger partial charge is 0.257 e. The van der Waals surface area contributed by atoms with Crippen molar-refractivity contribution in [3.8, 4) is 0 Å². The van der Waals surface area contributed by atoms with Gasteiger partial charge in [0.1, 0.15) is 0 Å². The van der Waals surface area contributed by atoms with Crippen LogP contribution < -0.4 is 10.6 Å². The van der Waals surface area contributed by atoms with Crippen LogP contribution in [0, 0.1) is 0 Å². The van der Waals surface area contributed by atoms with Crippen molar-refractivity contribution in [3.05, 3.63) is 41.2 Å². The van der Waals surface area contributed by atoms with Crippen molar-refractivity contribution in [2.45, 2.75) is 26.8 Å². The van der Waals surface area contributed by atoms with E-state index in [1.165, 1.54) is 13.0 Å². The fourth-order valence-corrected chi connectivity index (χ4v) is 2.13. The Morgan fingerprint density at radius 3 is 2.50 bits per heavy atom. The van der Waals surface area contributed by atoms with E-state index in [0.717, 1.165) is 0 Å². The molecule has 7 heteroatoms. The zero-order valence-electron chi connectivity index (χ0n) is 12.6. The van der Waals surface area contributed by atoms with Crippen molar-refractivity contribution >= 4 is 34.8 Å². The van der Waals surface area contributed by atoms with Crippen molar-refractivity contribution in [2.75, 3.05) is 10.6 Å². The Hall–Kier alpha value is -2.34. The van der Waals surface area contributed by atoms with Gasteiger partial charge in [0.2, 0.25) is 5.91 Å². The molecule has 0 spiro atoms. The minimum atomic E-state index is -0.331. The molecule has 1 aromatic carbocycles. The van der Waals surface area contributed by atoms with Gasteiger partial charge in [-0.2, -0.15) is 5.10 Å². The number of halogens is 1. The number of nitrogens with one attached hydrogen (secondary N) is 2. The first kappa shape index (κ1) is 16.0. The number of benzene rings is 1. The van der Waals surface area contributed by atoms with E-state index in [9.17, 15) is 9.59 Å². The molecule has 0 fully saturated rings. The standard InChI is InChI=1S/C15H17ClN4O2/c1-9(2)20-8-12(7-17-20)19-15(22)13-5-4-11(6-14(13)16)18-10(3)21/h4-9H,1-3H3,(H,18,21)(H,19,22). The third-order valence-corrected chi connectivity index (χ3v) is 3.24. The van der Waals surface area contributed by atoms with E-state index >= 15 is 0 Å². The van der Waals surface area contributed by atoms with E-state index in [-0.39, 0.29) is 22.9 Å². The Bertz CT molecular complexity index is 709. The summed E-state index contributed by atoms with van der Waals surface area (Å²) >= 11 is 6.10. The molecular formula is C15H17ClN4O2. The molecule has 0 saturated carbocycles. The first-order valence-electron chi connectivity index (χ1n) is 6.79. The van der Waals surface area contributed by atoms with Gasteiger partial charge in [-0.15, -0.1) is 0 Å². The molecular weight excluding hydrogens is 304 g/mol. The van der Waals surface area contributed by atoms with Crippen LogP contribution in [-0.2, 0) is 4.79 Å². The Morgan fingerprint density at radius 2 is 1.95 bits per heavy atom. The van der Waals surface area contributed by atoms with Gasteiger partial charge in [0.25, 0.3) is 5.91 Å². The minimum Gasteiger partial charge on any atom is -0.326 e. The van der Waals surface area contributed by atoms with Crippen LogP contribution in [0.1, 0.15) is 37.2 Å². The average molecular weight is 321 g/mol. The van der Waals surface area contributed by atoms with Crippen LogP contribution in [0.5, 0.6) is 0 Å². The normalized spacial score (nSPS) is 10.6. The van der Waals surface area contributed by atoms with Gasteiger partial charge in [0.15, 0.2) is 0 Å². The number of hydrogen-bond donors (Lipinski definition) is 2. The van der Waals surface area contributed by atoms with Crippen molar-refractivity contribution in [3.63, 3.8) is 0 Å². The first-order valence-corrected chi connectivity index (χ1v) is 7.17. The van der Waals surface area contributed by atoms with Gasteiger partial charge in [-0.25, -0.2) is 0 Å². The molecule has 0 aliphatic heterocycles. The van der Waals surface area contributed by atoms with Crippen molar-refractivity contribution in [1.29, 1.82) is 0 Å². The first-order chi connectivity index (χ1) is 10.4. The summed E-state index contributed by atoms with van der Waals surface area (Å²) in [5.74, 6) is -0.531. The number of carbonyl (C=O) groups is 2. The summed E-state index contributed by atoms with van der Waals surface area (Å²) in [6.07, 6.45) is 3.33. The molecule has 0 aliphatic rings. The highest BCUT2D eigenvalue weighted by molar-refractivity contribution is 6.34. The highest BCUT2D eigenvalue weighted by Gasteiger charge is 2.13. The number of carbonyl (C=O) groups excluding carboxylic acids is 2. The maximum Gasteiger partial charge on any atom is 0.257 e. The molecule has 116 valence electrons. The molecule has 2 N–H and O–H groups in total. The summed E-state index contributed by atoms with van der Waals surface area (Å²) in [5.41, 5.74) is 1.47. The van der Waals surface area contributed by atoms with Crippen LogP contribution in [0.3, 0.4) is 0 Å². The van der Waals surface area contributed by atoms with Gasteiger partial charge in [-0.05, 0) is 32.0 Å². The maximum atomic E-state index is 12.2. The lowest BCUT2D eigenvalue weighted by Gasteiger charge is -2.08. The third kappa shape index (κ3) is 3.85. The van der Waals surface area contributed by atoms with Crippen LogP contribution in [0.2, 0.25) is 5.02 Å². The number of hydrogen-bond acceptors (Lipinski definition) is 3. The SMILES string of the molecule is CC(=O)Nc1ccc(C(=O)Nc2cnn(C(C)C)c2)c(Cl)c1. The molecule has 2 rings (SSSR count). The number of rotatable bonds is 4. The lowest BCUT2D eigenvalue weighted by Crippen LogP contribution is -2.13. The lowest BCUT2D eigenvalue weighted by atomic mass is 10.2. The van der Waals surface area contributed by atoms with Gasteiger partial charge < -0.3 is 10.6 Å². The number of aromatic nitrogens is 2. The van der Waals surface area contributed by atoms with Crippen LogP contribution >= 0.6 is 11.6 Å². The summed E-state index contributed by atoms with van der Waals surface area (Å²) in [6, 6.07) is 4.94. The van der Waals surface area contributed by atoms with Crippen molar-refractivity contribution in [2.24, 2.45) is 0 Å². The molecule has 0 aliphatic carbocycles. The molecule has 2 aromatic rings. The van der Waals surface area contributed by atoms with Gasteiger partial charge in [0, 0.05) is 24.8 Å².